The van der Waals surface area contributed by atoms with E-state index in [1.807, 2.05) is 29.2 Å². The molecule has 0 atom stereocenters. The number of benzene rings is 1. The lowest BCUT2D eigenvalue weighted by atomic mass is 10.0. The Morgan fingerprint density at radius 1 is 1.20 bits per heavy atom. The van der Waals surface area contributed by atoms with E-state index in [2.05, 4.69) is 5.32 Å². The largest absolute Gasteiger partial charge is 0.492 e. The van der Waals surface area contributed by atoms with Crippen LogP contribution in [0.3, 0.4) is 0 Å². The third-order valence-corrected chi connectivity index (χ3v) is 5.18. The van der Waals surface area contributed by atoms with Gasteiger partial charge in [-0.25, -0.2) is 0 Å². The van der Waals surface area contributed by atoms with Crippen molar-refractivity contribution in [2.24, 2.45) is 5.92 Å². The number of ether oxygens (including phenoxy) is 1. The highest BCUT2D eigenvalue weighted by Crippen LogP contribution is 2.28. The van der Waals surface area contributed by atoms with Crippen molar-refractivity contribution in [3.05, 3.63) is 29.3 Å². The number of amides is 1. The first-order chi connectivity index (χ1) is 11.7. The van der Waals surface area contributed by atoms with Crippen LogP contribution in [0.15, 0.2) is 24.3 Å². The van der Waals surface area contributed by atoms with Crippen LogP contribution < -0.4 is 10.1 Å². The predicted octanol–water partition coefficient (Wildman–Crippen LogP) is 3.91. The second-order valence-electron chi connectivity index (χ2n) is 6.89. The normalized spacial score (nSPS) is 17.9. The Balaban J connectivity index is 0.00000225. The van der Waals surface area contributed by atoms with E-state index >= 15 is 0 Å². The molecule has 1 aromatic rings. The van der Waals surface area contributed by atoms with Crippen molar-refractivity contribution >= 4 is 29.9 Å². The molecule has 1 saturated carbocycles. The Kier molecular flexibility index (Phi) is 8.34. The van der Waals surface area contributed by atoms with Crippen LogP contribution in [0.5, 0.6) is 5.75 Å². The zero-order chi connectivity index (χ0) is 16.8. The van der Waals surface area contributed by atoms with E-state index in [4.69, 9.17) is 16.3 Å². The Labute approximate surface area is 161 Å². The van der Waals surface area contributed by atoms with Crippen molar-refractivity contribution in [3.8, 4) is 5.75 Å². The molecule has 0 radical (unpaired) electrons. The van der Waals surface area contributed by atoms with E-state index in [1.165, 1.54) is 12.8 Å². The van der Waals surface area contributed by atoms with Crippen LogP contribution in [0, 0.1) is 5.92 Å². The van der Waals surface area contributed by atoms with Gasteiger partial charge in [0, 0.05) is 25.6 Å². The van der Waals surface area contributed by atoms with E-state index in [9.17, 15) is 4.79 Å². The van der Waals surface area contributed by atoms with Gasteiger partial charge in [0.25, 0.3) is 0 Å². The van der Waals surface area contributed by atoms with Gasteiger partial charge in [-0.3, -0.25) is 4.79 Å². The van der Waals surface area contributed by atoms with Crippen LogP contribution in [0.25, 0.3) is 0 Å². The number of rotatable bonds is 8. The molecule has 1 aliphatic heterocycles. The Hall–Kier alpha value is -0.970. The monoisotopic (exact) mass is 386 g/mol. The molecule has 3 rings (SSSR count). The zero-order valence-electron chi connectivity index (χ0n) is 14.6. The molecule has 1 amide bonds. The highest BCUT2D eigenvalue weighted by atomic mass is 35.5. The molecule has 2 fully saturated rings. The first kappa shape index (κ1) is 20.3. The summed E-state index contributed by atoms with van der Waals surface area (Å²) in [6.45, 7) is 3.45. The molecule has 6 heteroatoms. The maximum Gasteiger partial charge on any atom is 0.222 e. The van der Waals surface area contributed by atoms with Crippen LogP contribution in [-0.4, -0.2) is 43.1 Å². The van der Waals surface area contributed by atoms with Crippen molar-refractivity contribution in [1.82, 2.24) is 10.2 Å². The number of piperidine rings is 1. The molecule has 1 saturated heterocycles. The van der Waals surface area contributed by atoms with Crippen LogP contribution >= 0.6 is 24.0 Å². The van der Waals surface area contributed by atoms with Gasteiger partial charge >= 0.3 is 0 Å². The quantitative estimate of drug-likeness (QED) is 0.688. The first-order valence-electron chi connectivity index (χ1n) is 9.11. The molecule has 0 aromatic heterocycles. The minimum atomic E-state index is 0. The summed E-state index contributed by atoms with van der Waals surface area (Å²) in [6.07, 6.45) is 6.21. The fourth-order valence-electron chi connectivity index (χ4n) is 3.11. The summed E-state index contributed by atoms with van der Waals surface area (Å²) in [5.41, 5.74) is 0. The topological polar surface area (TPSA) is 41.6 Å². The Morgan fingerprint density at radius 3 is 2.60 bits per heavy atom. The maximum absolute atomic E-state index is 12.3. The van der Waals surface area contributed by atoms with E-state index in [1.54, 1.807) is 0 Å². The van der Waals surface area contributed by atoms with Crippen molar-refractivity contribution in [3.63, 3.8) is 0 Å². The standard InChI is InChI=1S/C19H27ClN2O2.ClH/c20-17-4-1-2-5-18(17)24-13-3-6-19(23)22-11-9-16(10-12-22)21-14-15-7-8-15;/h1-2,4-5,15-16,21H,3,6-14H2;1H. The van der Waals surface area contributed by atoms with Gasteiger partial charge in [0.15, 0.2) is 0 Å². The third-order valence-electron chi connectivity index (χ3n) is 4.87. The molecular weight excluding hydrogens is 359 g/mol. The average molecular weight is 387 g/mol. The number of carbonyl (C=O) groups excluding carboxylic acids is 1. The molecule has 140 valence electrons. The van der Waals surface area contributed by atoms with Gasteiger partial charge in [0.05, 0.1) is 11.6 Å². The molecule has 1 N–H and O–H groups in total. The number of nitrogens with zero attached hydrogens (tertiary/aromatic N) is 1. The minimum Gasteiger partial charge on any atom is -0.492 e. The Bertz CT molecular complexity index is 544. The summed E-state index contributed by atoms with van der Waals surface area (Å²) < 4.78 is 5.64. The van der Waals surface area contributed by atoms with E-state index in [0.29, 0.717) is 29.8 Å². The minimum absolute atomic E-state index is 0. The van der Waals surface area contributed by atoms with Gasteiger partial charge in [-0.05, 0) is 56.7 Å². The third kappa shape index (κ3) is 6.69. The fourth-order valence-corrected chi connectivity index (χ4v) is 3.30. The lowest BCUT2D eigenvalue weighted by molar-refractivity contribution is -0.132. The van der Waals surface area contributed by atoms with E-state index < -0.39 is 0 Å². The van der Waals surface area contributed by atoms with Gasteiger partial charge in [-0.1, -0.05) is 23.7 Å². The smallest absolute Gasteiger partial charge is 0.222 e. The summed E-state index contributed by atoms with van der Waals surface area (Å²) in [5, 5.41) is 4.26. The van der Waals surface area contributed by atoms with Gasteiger partial charge in [-0.2, -0.15) is 0 Å². The first-order valence-corrected chi connectivity index (χ1v) is 9.48. The number of hydrogen-bond donors (Lipinski definition) is 1. The summed E-state index contributed by atoms with van der Waals surface area (Å²) in [5.74, 6) is 1.86. The molecule has 0 spiro atoms. The molecule has 1 aliphatic carbocycles. The lowest BCUT2D eigenvalue weighted by Gasteiger charge is -2.32. The molecule has 2 aliphatic rings. The average Bonchev–Trinajstić information content (AvgIpc) is 3.43. The van der Waals surface area contributed by atoms with Gasteiger partial charge < -0.3 is 15.0 Å². The highest BCUT2D eigenvalue weighted by molar-refractivity contribution is 6.32. The van der Waals surface area contributed by atoms with Crippen molar-refractivity contribution in [2.45, 2.75) is 44.6 Å². The van der Waals surface area contributed by atoms with Crippen molar-refractivity contribution in [1.29, 1.82) is 0 Å². The van der Waals surface area contributed by atoms with Gasteiger partial charge in [0.1, 0.15) is 5.75 Å². The molecule has 0 unspecified atom stereocenters. The second-order valence-corrected chi connectivity index (χ2v) is 7.30. The number of para-hydroxylation sites is 1. The molecule has 1 aromatic carbocycles. The maximum atomic E-state index is 12.3. The van der Waals surface area contributed by atoms with E-state index in [0.717, 1.165) is 44.8 Å². The van der Waals surface area contributed by atoms with Gasteiger partial charge in [-0.15, -0.1) is 12.4 Å². The number of nitrogens with one attached hydrogen (secondary N) is 1. The number of likely N-dealkylation sites (tertiary alicyclic amines) is 1. The Morgan fingerprint density at radius 2 is 1.92 bits per heavy atom. The number of carbonyl (C=O) groups is 1. The second kappa shape index (κ2) is 10.2. The van der Waals surface area contributed by atoms with Crippen molar-refractivity contribution < 1.29 is 9.53 Å². The summed E-state index contributed by atoms with van der Waals surface area (Å²) in [7, 11) is 0. The van der Waals surface area contributed by atoms with Gasteiger partial charge in [0.2, 0.25) is 5.91 Å². The lowest BCUT2D eigenvalue weighted by Crippen LogP contribution is -2.45. The van der Waals surface area contributed by atoms with Crippen LogP contribution in [-0.2, 0) is 4.79 Å². The molecule has 25 heavy (non-hydrogen) atoms. The highest BCUT2D eigenvalue weighted by Gasteiger charge is 2.25. The number of hydrogen-bond acceptors (Lipinski definition) is 3. The van der Waals surface area contributed by atoms with Crippen LogP contribution in [0.2, 0.25) is 5.02 Å². The number of halogens is 2. The SMILES string of the molecule is Cl.O=C(CCCOc1ccccc1Cl)N1CCC(NCC2CC2)CC1. The molecule has 1 heterocycles. The van der Waals surface area contributed by atoms with Crippen LogP contribution in [0.4, 0.5) is 0 Å². The summed E-state index contributed by atoms with van der Waals surface area (Å²) >= 11 is 6.04. The van der Waals surface area contributed by atoms with Crippen LogP contribution in [0.1, 0.15) is 38.5 Å². The summed E-state index contributed by atoms with van der Waals surface area (Å²) in [6, 6.07) is 8.03. The van der Waals surface area contributed by atoms with E-state index in [-0.39, 0.29) is 18.3 Å². The molecule has 0 bridgehead atoms. The molecular formula is C19H28Cl2N2O2. The fraction of sp³-hybridized carbons (Fsp3) is 0.632. The molecule has 4 nitrogen and oxygen atoms in total. The zero-order valence-corrected chi connectivity index (χ0v) is 16.2. The van der Waals surface area contributed by atoms with Crippen molar-refractivity contribution in [2.75, 3.05) is 26.2 Å². The summed E-state index contributed by atoms with van der Waals surface area (Å²) in [4.78, 5) is 14.3. The predicted molar refractivity (Wildman–Crippen MR) is 104 cm³/mol.